The lowest BCUT2D eigenvalue weighted by Crippen LogP contribution is -2.27. The van der Waals surface area contributed by atoms with Crippen LogP contribution >= 0.6 is 22.6 Å². The van der Waals surface area contributed by atoms with Gasteiger partial charge in [0.15, 0.2) is 0 Å². The maximum absolute atomic E-state index is 2.46. The van der Waals surface area contributed by atoms with Crippen molar-refractivity contribution in [3.05, 3.63) is 116 Å². The third kappa shape index (κ3) is 1.65. The molecule has 0 saturated carbocycles. The number of hydrogen-bond donors (Lipinski definition) is 0. The van der Waals surface area contributed by atoms with E-state index in [9.17, 15) is 0 Å². The molecule has 3 aliphatic rings. The van der Waals surface area contributed by atoms with Gasteiger partial charge in [-0.2, -0.15) is 0 Å². The van der Waals surface area contributed by atoms with Crippen molar-refractivity contribution < 1.29 is 0 Å². The lowest BCUT2D eigenvalue weighted by molar-refractivity contribution is 0.707. The van der Waals surface area contributed by atoms with Crippen molar-refractivity contribution in [3.8, 4) is 11.1 Å². The molecule has 3 aromatic carbocycles. The quantitative estimate of drug-likeness (QED) is 0.343. The van der Waals surface area contributed by atoms with Gasteiger partial charge in [0.25, 0.3) is 0 Å². The highest BCUT2D eigenvalue weighted by molar-refractivity contribution is 14.1. The number of allylic oxidation sites excluding steroid dienone is 4. The summed E-state index contributed by atoms with van der Waals surface area (Å²) in [4.78, 5) is 0. The van der Waals surface area contributed by atoms with Crippen LogP contribution in [0.3, 0.4) is 0 Å². The average Bonchev–Trinajstić information content (AvgIpc) is 3.15. The van der Waals surface area contributed by atoms with Crippen molar-refractivity contribution in [2.75, 3.05) is 0 Å². The zero-order valence-electron chi connectivity index (χ0n) is 14.2. The molecule has 3 aliphatic carbocycles. The van der Waals surface area contributed by atoms with Gasteiger partial charge < -0.3 is 0 Å². The minimum Gasteiger partial charge on any atom is -0.0836 e. The van der Waals surface area contributed by atoms with E-state index in [1.54, 1.807) is 5.57 Å². The minimum atomic E-state index is -0.126. The summed E-state index contributed by atoms with van der Waals surface area (Å²) in [5.41, 5.74) is 10.1. The van der Waals surface area contributed by atoms with Gasteiger partial charge in [0.2, 0.25) is 0 Å². The summed E-state index contributed by atoms with van der Waals surface area (Å²) in [6, 6.07) is 25.1. The van der Waals surface area contributed by atoms with E-state index in [1.165, 1.54) is 37.0 Å². The van der Waals surface area contributed by atoms with Gasteiger partial charge in [-0.05, 0) is 80.1 Å². The number of halogens is 1. The summed E-state index contributed by atoms with van der Waals surface area (Å²) in [5, 5.41) is 0. The Kier molecular flexibility index (Phi) is 3.00. The van der Waals surface area contributed by atoms with E-state index in [1.807, 2.05) is 0 Å². The molecule has 26 heavy (non-hydrogen) atoms. The van der Waals surface area contributed by atoms with Crippen LogP contribution in [0.15, 0.2) is 90.5 Å². The van der Waals surface area contributed by atoms with Crippen LogP contribution in [-0.4, -0.2) is 0 Å². The number of benzene rings is 3. The summed E-state index contributed by atoms with van der Waals surface area (Å²) < 4.78 is 1.31. The fraction of sp³-hybridized carbons (Fsp3) is 0.120. The van der Waals surface area contributed by atoms with Gasteiger partial charge in [0.1, 0.15) is 0 Å². The molecule has 1 heteroatoms. The molecule has 0 aromatic heterocycles. The summed E-state index contributed by atoms with van der Waals surface area (Å²) in [6.07, 6.45) is 8.07. The second kappa shape index (κ2) is 5.20. The Hall–Kier alpha value is -2.13. The predicted molar refractivity (Wildman–Crippen MR) is 115 cm³/mol. The van der Waals surface area contributed by atoms with Gasteiger partial charge in [0.05, 0.1) is 5.41 Å². The van der Waals surface area contributed by atoms with Gasteiger partial charge in [-0.25, -0.2) is 0 Å². The fourth-order valence-electron chi connectivity index (χ4n) is 5.46. The molecule has 0 heterocycles. The van der Waals surface area contributed by atoms with Crippen LogP contribution in [-0.2, 0) is 5.41 Å². The molecule has 0 N–H and O–H groups in total. The molecular formula is C25H17I. The SMILES string of the molecule is Ic1ccc2c(c1)C1(C3=CC=CCC32)c2ccccc2-c2ccccc21. The minimum absolute atomic E-state index is 0.126. The smallest absolute Gasteiger partial charge is 0.0685 e. The predicted octanol–water partition coefficient (Wildman–Crippen LogP) is 6.59. The Bertz CT molecular complexity index is 1090. The maximum atomic E-state index is 2.46. The molecular weight excluding hydrogens is 427 g/mol. The fourth-order valence-corrected chi connectivity index (χ4v) is 5.95. The highest BCUT2D eigenvalue weighted by Gasteiger charge is 2.54. The first-order valence-corrected chi connectivity index (χ1v) is 10.3. The molecule has 0 saturated heterocycles. The molecule has 0 bridgehead atoms. The Balaban J connectivity index is 1.83. The van der Waals surface area contributed by atoms with Crippen molar-refractivity contribution in [2.45, 2.75) is 17.8 Å². The van der Waals surface area contributed by atoms with Crippen molar-refractivity contribution >= 4 is 22.6 Å². The van der Waals surface area contributed by atoms with Gasteiger partial charge in [-0.3, -0.25) is 0 Å². The molecule has 124 valence electrons. The molecule has 0 nitrogen and oxygen atoms in total. The van der Waals surface area contributed by atoms with E-state index >= 15 is 0 Å². The number of fused-ring (bicyclic) bond motifs is 10. The van der Waals surface area contributed by atoms with E-state index in [-0.39, 0.29) is 5.41 Å². The van der Waals surface area contributed by atoms with Crippen molar-refractivity contribution in [2.24, 2.45) is 0 Å². The van der Waals surface area contributed by atoms with Crippen molar-refractivity contribution in [3.63, 3.8) is 0 Å². The third-order valence-corrected chi connectivity index (χ3v) is 7.01. The molecule has 0 aliphatic heterocycles. The molecule has 0 radical (unpaired) electrons. The molecule has 0 fully saturated rings. The van der Waals surface area contributed by atoms with E-state index < -0.39 is 0 Å². The zero-order chi connectivity index (χ0) is 17.3. The molecule has 3 aromatic rings. The lowest BCUT2D eigenvalue weighted by atomic mass is 9.69. The Morgan fingerprint density at radius 1 is 0.808 bits per heavy atom. The number of hydrogen-bond acceptors (Lipinski definition) is 0. The largest absolute Gasteiger partial charge is 0.0836 e. The van der Waals surface area contributed by atoms with E-state index in [4.69, 9.17) is 0 Å². The van der Waals surface area contributed by atoms with Crippen LogP contribution in [0.5, 0.6) is 0 Å². The summed E-state index contributed by atoms with van der Waals surface area (Å²) in [7, 11) is 0. The second-order valence-electron chi connectivity index (χ2n) is 7.41. The molecule has 6 rings (SSSR count). The number of rotatable bonds is 0. The summed E-state index contributed by atoms with van der Waals surface area (Å²) in [5.74, 6) is 0.492. The zero-order valence-corrected chi connectivity index (χ0v) is 16.4. The van der Waals surface area contributed by atoms with Gasteiger partial charge in [-0.1, -0.05) is 72.8 Å². The Labute approximate surface area is 167 Å². The van der Waals surface area contributed by atoms with Crippen molar-refractivity contribution in [1.82, 2.24) is 0 Å². The van der Waals surface area contributed by atoms with Crippen LogP contribution in [0.25, 0.3) is 11.1 Å². The van der Waals surface area contributed by atoms with Crippen molar-refractivity contribution in [1.29, 1.82) is 0 Å². The summed E-state index contributed by atoms with van der Waals surface area (Å²) >= 11 is 2.46. The normalized spacial score (nSPS) is 20.3. The lowest BCUT2D eigenvalue weighted by Gasteiger charge is -2.32. The van der Waals surface area contributed by atoms with Crippen LogP contribution in [0, 0.1) is 3.57 Å². The third-order valence-electron chi connectivity index (χ3n) is 6.34. The first kappa shape index (κ1) is 15.0. The maximum Gasteiger partial charge on any atom is 0.0685 e. The van der Waals surface area contributed by atoms with E-state index in [2.05, 4.69) is 108 Å². The summed E-state index contributed by atoms with van der Waals surface area (Å²) in [6.45, 7) is 0. The standard InChI is InChI=1S/C25H17I/c26-16-13-14-20-19-9-3-6-12-23(19)25(24(20)15-16)21-10-4-1-7-17(21)18-8-2-5-11-22(18)25/h1-8,10-15,19H,9H2. The Morgan fingerprint density at radius 2 is 1.50 bits per heavy atom. The molecule has 0 amide bonds. The van der Waals surface area contributed by atoms with Crippen LogP contribution < -0.4 is 0 Å². The van der Waals surface area contributed by atoms with Crippen LogP contribution in [0.1, 0.15) is 34.6 Å². The van der Waals surface area contributed by atoms with Gasteiger partial charge >= 0.3 is 0 Å². The van der Waals surface area contributed by atoms with Crippen LogP contribution in [0.4, 0.5) is 0 Å². The second-order valence-corrected chi connectivity index (χ2v) is 8.66. The molecule has 1 atom stereocenters. The molecule has 1 spiro atoms. The first-order chi connectivity index (χ1) is 12.8. The monoisotopic (exact) mass is 444 g/mol. The van der Waals surface area contributed by atoms with Gasteiger partial charge in [0, 0.05) is 9.49 Å². The highest BCUT2D eigenvalue weighted by Crippen LogP contribution is 2.64. The van der Waals surface area contributed by atoms with Gasteiger partial charge in [-0.15, -0.1) is 0 Å². The first-order valence-electron chi connectivity index (χ1n) is 9.18. The average molecular weight is 444 g/mol. The van der Waals surface area contributed by atoms with E-state index in [0.29, 0.717) is 5.92 Å². The van der Waals surface area contributed by atoms with Crippen LogP contribution in [0.2, 0.25) is 0 Å². The topological polar surface area (TPSA) is 0 Å². The van der Waals surface area contributed by atoms with E-state index in [0.717, 1.165) is 6.42 Å². The highest BCUT2D eigenvalue weighted by atomic mass is 127. The Morgan fingerprint density at radius 3 is 2.23 bits per heavy atom. The molecule has 1 unspecified atom stereocenters.